The van der Waals surface area contributed by atoms with Crippen LogP contribution in [0.5, 0.6) is 0 Å². The molecule has 0 radical (unpaired) electrons. The van der Waals surface area contributed by atoms with Gasteiger partial charge in [0.1, 0.15) is 11.6 Å². The predicted molar refractivity (Wildman–Crippen MR) is 118 cm³/mol. The van der Waals surface area contributed by atoms with Gasteiger partial charge in [-0.15, -0.1) is 0 Å². The highest BCUT2D eigenvalue weighted by Gasteiger charge is 2.15. The largest absolute Gasteiger partial charge is 0.383 e. The molecule has 1 N–H and O–H groups in total. The van der Waals surface area contributed by atoms with Gasteiger partial charge < -0.3 is 15.0 Å². The molecule has 1 heterocycles. The summed E-state index contributed by atoms with van der Waals surface area (Å²) in [6, 6.07) is 14.0. The second-order valence-electron chi connectivity index (χ2n) is 6.94. The Morgan fingerprint density at radius 2 is 1.87 bits per heavy atom. The molecule has 30 heavy (non-hydrogen) atoms. The summed E-state index contributed by atoms with van der Waals surface area (Å²) < 4.78 is 22.7. The van der Waals surface area contributed by atoms with E-state index in [1.54, 1.807) is 19.2 Å². The van der Waals surface area contributed by atoms with E-state index in [4.69, 9.17) is 4.74 Å². The number of carbonyl (C=O) groups is 1. The molecule has 0 fully saturated rings. The van der Waals surface area contributed by atoms with Crippen LogP contribution in [0.4, 0.5) is 15.2 Å². The SMILES string of the molecule is COCCN(CCC(=O)Nc1ccc(C)cc1)c1nc(Cc2ccc(F)cc2)ns1. The smallest absolute Gasteiger partial charge is 0.226 e. The molecule has 1 aromatic heterocycles. The fourth-order valence-electron chi connectivity index (χ4n) is 2.83. The average Bonchev–Trinajstić information content (AvgIpc) is 3.20. The van der Waals surface area contributed by atoms with Gasteiger partial charge in [0.2, 0.25) is 11.0 Å². The number of rotatable bonds is 10. The zero-order chi connectivity index (χ0) is 21.3. The van der Waals surface area contributed by atoms with E-state index in [2.05, 4.69) is 14.7 Å². The molecule has 2 aromatic carbocycles. The molecule has 0 bridgehead atoms. The highest BCUT2D eigenvalue weighted by molar-refractivity contribution is 7.09. The van der Waals surface area contributed by atoms with Gasteiger partial charge in [-0.25, -0.2) is 9.37 Å². The maximum absolute atomic E-state index is 13.1. The predicted octanol–water partition coefficient (Wildman–Crippen LogP) is 4.06. The summed E-state index contributed by atoms with van der Waals surface area (Å²) in [6.45, 7) is 3.64. The van der Waals surface area contributed by atoms with E-state index in [9.17, 15) is 9.18 Å². The van der Waals surface area contributed by atoms with Crippen molar-refractivity contribution < 1.29 is 13.9 Å². The Labute approximate surface area is 179 Å². The van der Waals surface area contributed by atoms with Crippen molar-refractivity contribution in [1.82, 2.24) is 9.36 Å². The molecule has 0 spiro atoms. The number of aromatic nitrogens is 2. The molecule has 0 aliphatic carbocycles. The first-order valence-corrected chi connectivity index (χ1v) is 10.5. The van der Waals surface area contributed by atoms with Crippen molar-refractivity contribution in [3.8, 4) is 0 Å². The molecule has 6 nitrogen and oxygen atoms in total. The van der Waals surface area contributed by atoms with Gasteiger partial charge in [0, 0.05) is 50.3 Å². The summed E-state index contributed by atoms with van der Waals surface area (Å²) in [5.74, 6) is 0.353. The lowest BCUT2D eigenvalue weighted by molar-refractivity contribution is -0.116. The maximum atomic E-state index is 13.1. The molecule has 158 valence electrons. The van der Waals surface area contributed by atoms with Crippen molar-refractivity contribution in [1.29, 1.82) is 0 Å². The third-order valence-corrected chi connectivity index (χ3v) is 5.33. The normalized spacial score (nSPS) is 10.8. The number of amides is 1. The minimum absolute atomic E-state index is 0.0580. The topological polar surface area (TPSA) is 67.3 Å². The number of ether oxygens (including phenoxy) is 1. The summed E-state index contributed by atoms with van der Waals surface area (Å²) in [6.07, 6.45) is 0.854. The van der Waals surface area contributed by atoms with E-state index >= 15 is 0 Å². The molecule has 0 atom stereocenters. The number of anilines is 2. The molecule has 1 amide bonds. The van der Waals surface area contributed by atoms with Crippen LogP contribution in [0.1, 0.15) is 23.4 Å². The fourth-order valence-corrected chi connectivity index (χ4v) is 3.57. The van der Waals surface area contributed by atoms with Crippen LogP contribution < -0.4 is 10.2 Å². The molecule has 0 unspecified atom stereocenters. The van der Waals surface area contributed by atoms with E-state index in [0.717, 1.165) is 21.9 Å². The van der Waals surface area contributed by atoms with Crippen LogP contribution in [0.15, 0.2) is 48.5 Å². The summed E-state index contributed by atoms with van der Waals surface area (Å²) in [7, 11) is 1.64. The summed E-state index contributed by atoms with van der Waals surface area (Å²) in [5.41, 5.74) is 2.87. The summed E-state index contributed by atoms with van der Waals surface area (Å²) in [4.78, 5) is 19.0. The van der Waals surface area contributed by atoms with Crippen LogP contribution in [0.25, 0.3) is 0 Å². The van der Waals surface area contributed by atoms with Crippen LogP contribution in [0.2, 0.25) is 0 Å². The third-order valence-electron chi connectivity index (χ3n) is 4.51. The molecule has 3 rings (SSSR count). The Balaban J connectivity index is 1.59. The number of halogens is 1. The number of methoxy groups -OCH3 is 1. The van der Waals surface area contributed by atoms with Crippen LogP contribution in [-0.2, 0) is 16.0 Å². The number of hydrogen-bond donors (Lipinski definition) is 1. The summed E-state index contributed by atoms with van der Waals surface area (Å²) in [5, 5.41) is 3.66. The monoisotopic (exact) mass is 428 g/mol. The van der Waals surface area contributed by atoms with Crippen molar-refractivity contribution in [3.05, 3.63) is 71.3 Å². The first-order valence-electron chi connectivity index (χ1n) is 9.71. The van der Waals surface area contributed by atoms with Crippen molar-refractivity contribution in [2.45, 2.75) is 19.8 Å². The zero-order valence-electron chi connectivity index (χ0n) is 17.1. The van der Waals surface area contributed by atoms with Gasteiger partial charge in [0.25, 0.3) is 0 Å². The van der Waals surface area contributed by atoms with Gasteiger partial charge in [-0.1, -0.05) is 29.8 Å². The number of benzene rings is 2. The average molecular weight is 429 g/mol. The van der Waals surface area contributed by atoms with Gasteiger partial charge >= 0.3 is 0 Å². The lowest BCUT2D eigenvalue weighted by Gasteiger charge is -2.20. The van der Waals surface area contributed by atoms with E-state index in [0.29, 0.717) is 38.4 Å². The minimum Gasteiger partial charge on any atom is -0.383 e. The van der Waals surface area contributed by atoms with Crippen LogP contribution in [-0.4, -0.2) is 42.1 Å². The molecular weight excluding hydrogens is 403 g/mol. The summed E-state index contributed by atoms with van der Waals surface area (Å²) >= 11 is 1.29. The molecule has 0 aliphatic rings. The van der Waals surface area contributed by atoms with Gasteiger partial charge in [0.15, 0.2) is 0 Å². The number of nitrogens with zero attached hydrogens (tertiary/aromatic N) is 3. The molecule has 0 saturated carbocycles. The third kappa shape index (κ3) is 6.60. The van der Waals surface area contributed by atoms with Gasteiger partial charge in [-0.05, 0) is 36.8 Å². The van der Waals surface area contributed by atoms with E-state index in [1.165, 1.54) is 23.7 Å². The fraction of sp³-hybridized carbons (Fsp3) is 0.318. The first-order chi connectivity index (χ1) is 14.5. The lowest BCUT2D eigenvalue weighted by Crippen LogP contribution is -2.30. The zero-order valence-corrected chi connectivity index (χ0v) is 17.9. The van der Waals surface area contributed by atoms with Gasteiger partial charge in [-0.3, -0.25) is 4.79 Å². The van der Waals surface area contributed by atoms with Crippen molar-refractivity contribution in [3.63, 3.8) is 0 Å². The molecule has 0 saturated heterocycles. The Morgan fingerprint density at radius 3 is 2.57 bits per heavy atom. The quantitative estimate of drug-likeness (QED) is 0.528. The molecule has 8 heteroatoms. The molecule has 3 aromatic rings. The second-order valence-corrected chi connectivity index (χ2v) is 7.67. The maximum Gasteiger partial charge on any atom is 0.226 e. The number of carbonyl (C=O) groups excluding carboxylic acids is 1. The Hall–Kier alpha value is -2.84. The Kier molecular flexibility index (Phi) is 7.87. The van der Waals surface area contributed by atoms with Crippen LogP contribution in [0, 0.1) is 12.7 Å². The van der Waals surface area contributed by atoms with E-state index < -0.39 is 0 Å². The highest BCUT2D eigenvalue weighted by Crippen LogP contribution is 2.20. The van der Waals surface area contributed by atoms with Crippen LogP contribution in [0.3, 0.4) is 0 Å². The molecule has 0 aliphatic heterocycles. The van der Waals surface area contributed by atoms with Crippen LogP contribution >= 0.6 is 11.5 Å². The first kappa shape index (κ1) is 21.9. The minimum atomic E-state index is -0.264. The Morgan fingerprint density at radius 1 is 1.13 bits per heavy atom. The second kappa shape index (κ2) is 10.8. The van der Waals surface area contributed by atoms with Crippen molar-refractivity contribution >= 4 is 28.3 Å². The van der Waals surface area contributed by atoms with Gasteiger partial charge in [-0.2, -0.15) is 4.37 Å². The van der Waals surface area contributed by atoms with Crippen molar-refractivity contribution in [2.75, 3.05) is 37.0 Å². The van der Waals surface area contributed by atoms with E-state index in [-0.39, 0.29) is 11.7 Å². The van der Waals surface area contributed by atoms with Gasteiger partial charge in [0.05, 0.1) is 6.61 Å². The number of nitrogens with one attached hydrogen (secondary N) is 1. The highest BCUT2D eigenvalue weighted by atomic mass is 32.1. The van der Waals surface area contributed by atoms with E-state index in [1.807, 2.05) is 36.1 Å². The Bertz CT molecular complexity index is 945. The molecular formula is C22H25FN4O2S. The lowest BCUT2D eigenvalue weighted by atomic mass is 10.1. The number of aryl methyl sites for hydroxylation is 1. The standard InChI is InChI=1S/C22H25FN4O2S/c1-16-3-9-19(10-4-16)24-21(28)11-12-27(13-14-29-2)22-25-20(26-30-22)15-17-5-7-18(23)8-6-17/h3-10H,11-15H2,1-2H3,(H,24,28). The number of hydrogen-bond acceptors (Lipinski definition) is 6. The van der Waals surface area contributed by atoms with Crippen molar-refractivity contribution in [2.24, 2.45) is 0 Å².